The Bertz CT molecular complexity index is 1040. The number of hydrogen-bond acceptors (Lipinski definition) is 3. The van der Waals surface area contributed by atoms with Gasteiger partial charge in [0.2, 0.25) is 0 Å². The number of carbonyl (C=O) groups is 1. The van der Waals surface area contributed by atoms with Crippen LogP contribution < -0.4 is 5.32 Å². The molecule has 5 rings (SSSR count). The average molecular weight is 373 g/mol. The third-order valence-corrected chi connectivity index (χ3v) is 5.84. The molecule has 0 aliphatic carbocycles. The Kier molecular flexibility index (Phi) is 4.24. The van der Waals surface area contributed by atoms with E-state index in [0.717, 1.165) is 29.4 Å². The summed E-state index contributed by atoms with van der Waals surface area (Å²) < 4.78 is 6.14. The summed E-state index contributed by atoms with van der Waals surface area (Å²) in [6.45, 7) is 2.54. The van der Waals surface area contributed by atoms with E-state index in [1.165, 1.54) is 11.1 Å². The van der Waals surface area contributed by atoms with Gasteiger partial charge in [-0.25, -0.2) is 4.79 Å². The molecule has 2 aliphatic heterocycles. The summed E-state index contributed by atoms with van der Waals surface area (Å²) in [5.74, 6) is 0. The lowest BCUT2D eigenvalue weighted by Gasteiger charge is -2.25. The monoisotopic (exact) mass is 373 g/mol. The highest BCUT2D eigenvalue weighted by Gasteiger charge is 2.46. The number of nitrogens with one attached hydrogen (secondary N) is 1. The van der Waals surface area contributed by atoms with Crippen LogP contribution in [0, 0.1) is 0 Å². The Labute approximate surface area is 164 Å². The number of amides is 2. The van der Waals surface area contributed by atoms with Crippen molar-refractivity contribution in [1.82, 2.24) is 15.2 Å². The highest BCUT2D eigenvalue weighted by atomic mass is 16.5. The van der Waals surface area contributed by atoms with E-state index in [-0.39, 0.29) is 11.6 Å². The number of para-hydroxylation sites is 1. The Balaban J connectivity index is 1.19. The predicted molar refractivity (Wildman–Crippen MR) is 108 cm³/mol. The van der Waals surface area contributed by atoms with Crippen molar-refractivity contribution in [3.05, 3.63) is 77.5 Å². The topological polar surface area (TPSA) is 54.5 Å². The number of ether oxygens (including phenoxy) is 1. The summed E-state index contributed by atoms with van der Waals surface area (Å²) in [4.78, 5) is 19.2. The normalized spacial score (nSPS) is 20.6. The predicted octanol–water partition coefficient (Wildman–Crippen LogP) is 3.62. The van der Waals surface area contributed by atoms with Crippen molar-refractivity contribution < 1.29 is 9.53 Å². The Hall–Kier alpha value is -2.92. The van der Waals surface area contributed by atoms with Crippen LogP contribution in [0.2, 0.25) is 0 Å². The van der Waals surface area contributed by atoms with Crippen LogP contribution >= 0.6 is 0 Å². The van der Waals surface area contributed by atoms with Crippen molar-refractivity contribution >= 4 is 16.9 Å². The second-order valence-corrected chi connectivity index (χ2v) is 7.59. The van der Waals surface area contributed by atoms with E-state index in [1.807, 2.05) is 35.2 Å². The molecule has 2 amide bonds. The molecular weight excluding hydrogens is 350 g/mol. The van der Waals surface area contributed by atoms with Gasteiger partial charge in [-0.2, -0.15) is 0 Å². The number of urea groups is 1. The van der Waals surface area contributed by atoms with E-state index in [9.17, 15) is 4.79 Å². The van der Waals surface area contributed by atoms with E-state index in [0.29, 0.717) is 26.2 Å². The van der Waals surface area contributed by atoms with Crippen LogP contribution in [-0.4, -0.2) is 35.5 Å². The number of pyridine rings is 1. The second-order valence-electron chi connectivity index (χ2n) is 7.59. The van der Waals surface area contributed by atoms with Crippen molar-refractivity contribution in [3.63, 3.8) is 0 Å². The van der Waals surface area contributed by atoms with Crippen molar-refractivity contribution in [2.75, 3.05) is 19.6 Å². The van der Waals surface area contributed by atoms with Crippen LogP contribution in [0.15, 0.2) is 60.7 Å². The summed E-state index contributed by atoms with van der Waals surface area (Å²) in [6.07, 6.45) is 1.57. The largest absolute Gasteiger partial charge is 0.364 e. The van der Waals surface area contributed by atoms with Crippen LogP contribution in [-0.2, 0) is 23.4 Å². The van der Waals surface area contributed by atoms with E-state index >= 15 is 0 Å². The molecule has 1 spiro atoms. The highest BCUT2D eigenvalue weighted by molar-refractivity contribution is 5.78. The molecule has 0 radical (unpaired) electrons. The Morgan fingerprint density at radius 2 is 1.96 bits per heavy atom. The molecular formula is C23H23N3O2. The first-order valence-electron chi connectivity index (χ1n) is 9.83. The Morgan fingerprint density at radius 3 is 2.93 bits per heavy atom. The van der Waals surface area contributed by atoms with Gasteiger partial charge in [0, 0.05) is 37.0 Å². The van der Waals surface area contributed by atoms with Crippen molar-refractivity contribution in [3.8, 4) is 0 Å². The first-order chi connectivity index (χ1) is 13.7. The van der Waals surface area contributed by atoms with E-state index < -0.39 is 0 Å². The number of likely N-dealkylation sites (tertiary alicyclic amines) is 1. The number of benzene rings is 2. The van der Waals surface area contributed by atoms with Gasteiger partial charge in [0.15, 0.2) is 0 Å². The van der Waals surface area contributed by atoms with Crippen LogP contribution in [0.1, 0.15) is 23.2 Å². The van der Waals surface area contributed by atoms with Gasteiger partial charge in [-0.1, -0.05) is 48.5 Å². The maximum atomic E-state index is 12.6. The summed E-state index contributed by atoms with van der Waals surface area (Å²) >= 11 is 0. The summed E-state index contributed by atoms with van der Waals surface area (Å²) in [7, 11) is 0. The first-order valence-corrected chi connectivity index (χ1v) is 9.83. The van der Waals surface area contributed by atoms with E-state index in [1.54, 1.807) is 0 Å². The van der Waals surface area contributed by atoms with Gasteiger partial charge in [-0.05, 0) is 23.3 Å². The van der Waals surface area contributed by atoms with Gasteiger partial charge in [0.25, 0.3) is 0 Å². The molecule has 0 bridgehead atoms. The van der Waals surface area contributed by atoms with Gasteiger partial charge in [0.1, 0.15) is 5.60 Å². The molecule has 2 aromatic carbocycles. The quantitative estimate of drug-likeness (QED) is 0.763. The zero-order chi connectivity index (χ0) is 19.0. The fraction of sp³-hybridized carbons (Fsp3) is 0.304. The molecule has 1 saturated heterocycles. The lowest BCUT2D eigenvalue weighted by Crippen LogP contribution is -2.41. The molecule has 1 aromatic heterocycles. The van der Waals surface area contributed by atoms with Crippen molar-refractivity contribution in [2.24, 2.45) is 0 Å². The Morgan fingerprint density at radius 1 is 1.11 bits per heavy atom. The van der Waals surface area contributed by atoms with Crippen molar-refractivity contribution in [2.45, 2.75) is 25.0 Å². The molecule has 142 valence electrons. The molecule has 2 aliphatic rings. The van der Waals surface area contributed by atoms with Gasteiger partial charge in [-0.3, -0.25) is 4.98 Å². The number of hydrogen-bond donors (Lipinski definition) is 1. The van der Waals surface area contributed by atoms with E-state index in [2.05, 4.69) is 40.6 Å². The molecule has 1 atom stereocenters. The summed E-state index contributed by atoms with van der Waals surface area (Å²) in [5, 5.41) is 4.18. The SMILES string of the molecule is O=C(NCCc1ccc2ccccc2n1)N1CCC2(C1)OCc1ccccc12. The average Bonchev–Trinajstić information content (AvgIpc) is 3.33. The molecule has 5 nitrogen and oxygen atoms in total. The molecule has 28 heavy (non-hydrogen) atoms. The highest BCUT2D eigenvalue weighted by Crippen LogP contribution is 2.43. The summed E-state index contributed by atoms with van der Waals surface area (Å²) in [6, 6.07) is 20.5. The minimum absolute atomic E-state index is 0.0226. The third kappa shape index (κ3) is 3.02. The molecule has 3 heterocycles. The molecule has 1 fully saturated rings. The van der Waals surface area contributed by atoms with E-state index in [4.69, 9.17) is 4.74 Å². The minimum Gasteiger partial charge on any atom is -0.364 e. The van der Waals surface area contributed by atoms with Crippen LogP contribution in [0.5, 0.6) is 0 Å². The van der Waals surface area contributed by atoms with Gasteiger partial charge >= 0.3 is 6.03 Å². The lowest BCUT2D eigenvalue weighted by molar-refractivity contribution is -0.0272. The third-order valence-electron chi connectivity index (χ3n) is 5.84. The smallest absolute Gasteiger partial charge is 0.317 e. The number of aromatic nitrogens is 1. The summed E-state index contributed by atoms with van der Waals surface area (Å²) in [5.41, 5.74) is 4.14. The van der Waals surface area contributed by atoms with Gasteiger partial charge in [-0.15, -0.1) is 0 Å². The fourth-order valence-electron chi connectivity index (χ4n) is 4.33. The zero-order valence-corrected chi connectivity index (χ0v) is 15.7. The van der Waals surface area contributed by atoms with Gasteiger partial charge in [0.05, 0.1) is 18.7 Å². The molecule has 3 aromatic rings. The number of rotatable bonds is 3. The molecule has 1 N–H and O–H groups in total. The molecule has 1 unspecified atom stereocenters. The molecule has 0 saturated carbocycles. The minimum atomic E-state index is -0.326. The number of nitrogens with zero attached hydrogens (tertiary/aromatic N) is 2. The standard InChI is InChI=1S/C23H23N3O2/c27-22(24-13-11-19-10-9-17-5-2-4-8-21(17)25-19)26-14-12-23(16-26)20-7-3-1-6-18(20)15-28-23/h1-10H,11-16H2,(H,24,27). The molecule has 5 heteroatoms. The number of fused-ring (bicyclic) bond motifs is 3. The number of carbonyl (C=O) groups excluding carboxylic acids is 1. The van der Waals surface area contributed by atoms with Crippen LogP contribution in [0.3, 0.4) is 0 Å². The zero-order valence-electron chi connectivity index (χ0n) is 15.7. The fourth-order valence-corrected chi connectivity index (χ4v) is 4.33. The maximum Gasteiger partial charge on any atom is 0.317 e. The maximum absolute atomic E-state index is 12.6. The van der Waals surface area contributed by atoms with Crippen LogP contribution in [0.25, 0.3) is 10.9 Å². The lowest BCUT2D eigenvalue weighted by atomic mass is 9.92. The second kappa shape index (κ2) is 6.91. The van der Waals surface area contributed by atoms with Crippen molar-refractivity contribution in [1.29, 1.82) is 0 Å². The van der Waals surface area contributed by atoms with Crippen LogP contribution in [0.4, 0.5) is 4.79 Å². The van der Waals surface area contributed by atoms with Gasteiger partial charge < -0.3 is 15.0 Å². The first kappa shape index (κ1) is 17.2.